The number of hydrogen-bond acceptors (Lipinski definition) is 3. The molecule has 0 N–H and O–H groups in total. The van der Waals surface area contributed by atoms with Gasteiger partial charge in [-0.05, 0) is 28.8 Å². The van der Waals surface area contributed by atoms with E-state index in [2.05, 4.69) is 0 Å². The largest absolute Gasteiger partial charge is 0.293 e. The Bertz CT molecular complexity index is 597. The second-order valence-corrected chi connectivity index (χ2v) is 7.11. The summed E-state index contributed by atoms with van der Waals surface area (Å²) in [5.74, 6) is -0.197. The third-order valence-electron chi connectivity index (χ3n) is 2.84. The minimum Gasteiger partial charge on any atom is -0.268 e. The standard InChI is InChI=1S/C17H19NO2S/c1-17(2,3)12-18-15(19)14(21-16(18)20)11-7-10-13-8-5-4-6-9-13/h4-11H,12H2,1-3H3/b10-7+,14-11+. The summed E-state index contributed by atoms with van der Waals surface area (Å²) >= 11 is 1.00. The van der Waals surface area contributed by atoms with Gasteiger partial charge in [0.15, 0.2) is 0 Å². The average Bonchev–Trinajstić information content (AvgIpc) is 2.66. The molecule has 1 aliphatic rings. The summed E-state index contributed by atoms with van der Waals surface area (Å²) in [6, 6.07) is 9.83. The molecule has 0 aliphatic carbocycles. The van der Waals surface area contributed by atoms with E-state index < -0.39 is 0 Å². The summed E-state index contributed by atoms with van der Waals surface area (Å²) in [6.07, 6.45) is 5.43. The van der Waals surface area contributed by atoms with Crippen molar-refractivity contribution >= 4 is 29.0 Å². The predicted molar refractivity (Wildman–Crippen MR) is 87.7 cm³/mol. The molecule has 1 aromatic carbocycles. The van der Waals surface area contributed by atoms with E-state index in [9.17, 15) is 9.59 Å². The highest BCUT2D eigenvalue weighted by molar-refractivity contribution is 8.18. The zero-order valence-corrected chi connectivity index (χ0v) is 13.3. The van der Waals surface area contributed by atoms with Crippen molar-refractivity contribution < 1.29 is 9.59 Å². The Morgan fingerprint density at radius 3 is 2.43 bits per heavy atom. The summed E-state index contributed by atoms with van der Waals surface area (Å²) in [4.78, 5) is 25.9. The van der Waals surface area contributed by atoms with Crippen LogP contribution in [0.2, 0.25) is 0 Å². The lowest BCUT2D eigenvalue weighted by atomic mass is 9.96. The van der Waals surface area contributed by atoms with Gasteiger partial charge < -0.3 is 0 Å². The van der Waals surface area contributed by atoms with E-state index in [1.54, 1.807) is 6.08 Å². The third kappa shape index (κ3) is 4.33. The molecular weight excluding hydrogens is 282 g/mol. The molecule has 0 radical (unpaired) electrons. The summed E-state index contributed by atoms with van der Waals surface area (Å²) in [7, 11) is 0. The van der Waals surface area contributed by atoms with Crippen LogP contribution in [0, 0.1) is 5.41 Å². The molecular formula is C17H19NO2S. The normalized spacial score (nSPS) is 18.2. The molecule has 4 heteroatoms. The minimum absolute atomic E-state index is 0.0960. The fraction of sp³-hybridized carbons (Fsp3) is 0.294. The van der Waals surface area contributed by atoms with Gasteiger partial charge in [-0.15, -0.1) is 0 Å². The Hall–Kier alpha value is -1.81. The van der Waals surface area contributed by atoms with Crippen LogP contribution in [0.25, 0.3) is 6.08 Å². The monoisotopic (exact) mass is 301 g/mol. The van der Waals surface area contributed by atoms with Crippen LogP contribution in [0.15, 0.2) is 47.4 Å². The van der Waals surface area contributed by atoms with E-state index in [0.717, 1.165) is 17.3 Å². The number of thioether (sulfide) groups is 1. The van der Waals surface area contributed by atoms with Gasteiger partial charge in [-0.2, -0.15) is 0 Å². The Morgan fingerprint density at radius 1 is 1.14 bits per heavy atom. The molecule has 0 saturated carbocycles. The highest BCUT2D eigenvalue weighted by Gasteiger charge is 2.36. The highest BCUT2D eigenvalue weighted by atomic mass is 32.2. The van der Waals surface area contributed by atoms with Crippen LogP contribution in [-0.2, 0) is 4.79 Å². The first-order valence-electron chi connectivity index (χ1n) is 6.84. The minimum atomic E-state index is -0.197. The molecule has 0 atom stereocenters. The summed E-state index contributed by atoms with van der Waals surface area (Å²) in [5.41, 5.74) is 0.962. The lowest BCUT2D eigenvalue weighted by molar-refractivity contribution is -0.123. The summed E-state index contributed by atoms with van der Waals surface area (Å²) < 4.78 is 0. The van der Waals surface area contributed by atoms with E-state index in [1.165, 1.54) is 4.90 Å². The van der Waals surface area contributed by atoms with Crippen molar-refractivity contribution in [2.75, 3.05) is 6.54 Å². The van der Waals surface area contributed by atoms with E-state index in [0.29, 0.717) is 11.4 Å². The van der Waals surface area contributed by atoms with Crippen LogP contribution in [0.1, 0.15) is 26.3 Å². The Morgan fingerprint density at radius 2 is 1.81 bits per heavy atom. The van der Waals surface area contributed by atoms with Crippen molar-refractivity contribution in [3.05, 3.63) is 53.0 Å². The lowest BCUT2D eigenvalue weighted by Crippen LogP contribution is -2.35. The first-order chi connectivity index (χ1) is 9.87. The molecule has 0 spiro atoms. The number of carbonyl (C=O) groups excluding carboxylic acids is 2. The first kappa shape index (κ1) is 15.6. The number of imide groups is 1. The Labute approximate surface area is 129 Å². The van der Waals surface area contributed by atoms with Crippen LogP contribution in [0.5, 0.6) is 0 Å². The van der Waals surface area contributed by atoms with Gasteiger partial charge in [-0.1, -0.05) is 63.3 Å². The molecule has 2 amide bonds. The van der Waals surface area contributed by atoms with E-state index >= 15 is 0 Å². The van der Waals surface area contributed by atoms with Gasteiger partial charge in [0.1, 0.15) is 0 Å². The molecule has 1 fully saturated rings. The SMILES string of the molecule is CC(C)(C)CN1C(=O)S/C(=C/C=C/c2ccccc2)C1=O. The van der Waals surface area contributed by atoms with Crippen LogP contribution < -0.4 is 0 Å². The number of hydrogen-bond donors (Lipinski definition) is 0. The van der Waals surface area contributed by atoms with Gasteiger partial charge in [-0.3, -0.25) is 14.5 Å². The Kier molecular flexibility index (Phi) is 4.68. The molecule has 1 aromatic rings. The van der Waals surface area contributed by atoms with Crippen molar-refractivity contribution in [3.63, 3.8) is 0 Å². The number of rotatable bonds is 3. The smallest absolute Gasteiger partial charge is 0.268 e. The van der Waals surface area contributed by atoms with Crippen LogP contribution >= 0.6 is 11.8 Å². The van der Waals surface area contributed by atoms with Crippen LogP contribution in [-0.4, -0.2) is 22.6 Å². The van der Waals surface area contributed by atoms with E-state index in [1.807, 2.05) is 63.3 Å². The van der Waals surface area contributed by atoms with E-state index in [4.69, 9.17) is 0 Å². The molecule has 0 aromatic heterocycles. The van der Waals surface area contributed by atoms with E-state index in [-0.39, 0.29) is 16.6 Å². The maximum Gasteiger partial charge on any atom is 0.293 e. The summed E-state index contributed by atoms with van der Waals surface area (Å²) in [5, 5.41) is -0.186. The number of amides is 2. The lowest BCUT2D eigenvalue weighted by Gasteiger charge is -2.23. The maximum absolute atomic E-state index is 12.2. The van der Waals surface area contributed by atoms with Crippen LogP contribution in [0.4, 0.5) is 4.79 Å². The Balaban J connectivity index is 2.08. The average molecular weight is 301 g/mol. The van der Waals surface area contributed by atoms with Crippen molar-refractivity contribution in [1.82, 2.24) is 4.90 Å². The van der Waals surface area contributed by atoms with Gasteiger partial charge in [0.2, 0.25) is 0 Å². The van der Waals surface area contributed by atoms with Gasteiger partial charge in [0.05, 0.1) is 4.91 Å². The molecule has 0 unspecified atom stereocenters. The molecule has 0 bridgehead atoms. The third-order valence-corrected chi connectivity index (χ3v) is 3.77. The number of benzene rings is 1. The number of allylic oxidation sites excluding steroid dienone is 2. The van der Waals surface area contributed by atoms with Gasteiger partial charge >= 0.3 is 0 Å². The van der Waals surface area contributed by atoms with Gasteiger partial charge in [0.25, 0.3) is 11.1 Å². The quantitative estimate of drug-likeness (QED) is 0.780. The summed E-state index contributed by atoms with van der Waals surface area (Å²) in [6.45, 7) is 6.47. The highest BCUT2D eigenvalue weighted by Crippen LogP contribution is 2.32. The zero-order valence-electron chi connectivity index (χ0n) is 12.5. The van der Waals surface area contributed by atoms with Crippen molar-refractivity contribution in [3.8, 4) is 0 Å². The maximum atomic E-state index is 12.2. The number of nitrogens with zero attached hydrogens (tertiary/aromatic N) is 1. The molecule has 2 rings (SSSR count). The molecule has 1 heterocycles. The molecule has 3 nitrogen and oxygen atoms in total. The fourth-order valence-corrected chi connectivity index (χ4v) is 2.73. The zero-order chi connectivity index (χ0) is 15.5. The van der Waals surface area contributed by atoms with Crippen molar-refractivity contribution in [1.29, 1.82) is 0 Å². The molecule has 1 saturated heterocycles. The van der Waals surface area contributed by atoms with Crippen molar-refractivity contribution in [2.45, 2.75) is 20.8 Å². The van der Waals surface area contributed by atoms with Gasteiger partial charge in [0, 0.05) is 6.54 Å². The van der Waals surface area contributed by atoms with Crippen molar-refractivity contribution in [2.24, 2.45) is 5.41 Å². The van der Waals surface area contributed by atoms with Gasteiger partial charge in [-0.25, -0.2) is 0 Å². The molecule has 1 aliphatic heterocycles. The first-order valence-corrected chi connectivity index (χ1v) is 7.65. The second kappa shape index (κ2) is 6.31. The number of carbonyl (C=O) groups is 2. The van der Waals surface area contributed by atoms with Crippen LogP contribution in [0.3, 0.4) is 0 Å². The topological polar surface area (TPSA) is 37.4 Å². The second-order valence-electron chi connectivity index (χ2n) is 6.12. The molecule has 21 heavy (non-hydrogen) atoms. The molecule has 110 valence electrons. The fourth-order valence-electron chi connectivity index (χ4n) is 1.94. The predicted octanol–water partition coefficient (Wildman–Crippen LogP) is 4.33.